The maximum absolute atomic E-state index is 5.86. The number of ether oxygens (including phenoxy) is 1. The van der Waals surface area contributed by atoms with Crippen LogP contribution in [-0.2, 0) is 13.2 Å². The van der Waals surface area contributed by atoms with Crippen LogP contribution in [0, 0.1) is 0 Å². The molecule has 0 aliphatic carbocycles. The summed E-state index contributed by atoms with van der Waals surface area (Å²) < 4.78 is 5.74. The molecular formula is C16H21Cl2N3OS. The molecule has 4 nitrogen and oxygen atoms in total. The van der Waals surface area contributed by atoms with E-state index in [2.05, 4.69) is 27.5 Å². The topological polar surface area (TPSA) is 37.4 Å². The number of hydrogen-bond donors (Lipinski definition) is 1. The van der Waals surface area contributed by atoms with E-state index in [-0.39, 0.29) is 12.4 Å². The lowest BCUT2D eigenvalue weighted by atomic mass is 10.2. The zero-order valence-electron chi connectivity index (χ0n) is 13.0. The van der Waals surface area contributed by atoms with Crippen molar-refractivity contribution in [1.82, 2.24) is 15.2 Å². The lowest BCUT2D eigenvalue weighted by Gasteiger charge is -2.33. The van der Waals surface area contributed by atoms with Crippen LogP contribution in [0.2, 0.25) is 5.02 Å². The molecule has 0 spiro atoms. The Hall–Kier alpha value is -0.850. The number of halogens is 2. The highest BCUT2D eigenvalue weighted by Gasteiger charge is 2.18. The zero-order valence-corrected chi connectivity index (χ0v) is 15.4. The van der Waals surface area contributed by atoms with Gasteiger partial charge in [-0.2, -0.15) is 0 Å². The van der Waals surface area contributed by atoms with Crippen molar-refractivity contribution in [2.24, 2.45) is 0 Å². The van der Waals surface area contributed by atoms with Gasteiger partial charge in [-0.3, -0.25) is 4.90 Å². The highest BCUT2D eigenvalue weighted by atomic mass is 35.5. The number of benzene rings is 1. The minimum Gasteiger partial charge on any atom is -0.486 e. The maximum Gasteiger partial charge on any atom is 0.140 e. The van der Waals surface area contributed by atoms with Crippen molar-refractivity contribution in [2.75, 3.05) is 19.6 Å². The van der Waals surface area contributed by atoms with Crippen molar-refractivity contribution in [2.45, 2.75) is 26.1 Å². The second-order valence-electron chi connectivity index (χ2n) is 5.50. The van der Waals surface area contributed by atoms with Gasteiger partial charge in [0.1, 0.15) is 17.4 Å². The number of thiazole rings is 1. The first-order chi connectivity index (χ1) is 10.7. The third kappa shape index (κ3) is 5.33. The van der Waals surface area contributed by atoms with E-state index in [0.29, 0.717) is 17.7 Å². The zero-order chi connectivity index (χ0) is 15.4. The molecule has 1 fully saturated rings. The number of nitrogens with zero attached hydrogens (tertiary/aromatic N) is 2. The van der Waals surface area contributed by atoms with Crippen molar-refractivity contribution in [3.63, 3.8) is 0 Å². The number of aromatic nitrogens is 1. The van der Waals surface area contributed by atoms with Crippen LogP contribution in [0.25, 0.3) is 0 Å². The van der Waals surface area contributed by atoms with E-state index in [9.17, 15) is 0 Å². The van der Waals surface area contributed by atoms with Gasteiger partial charge in [-0.15, -0.1) is 23.7 Å². The van der Waals surface area contributed by atoms with Gasteiger partial charge in [0.25, 0.3) is 0 Å². The fourth-order valence-corrected chi connectivity index (χ4v) is 3.31. The largest absolute Gasteiger partial charge is 0.486 e. The van der Waals surface area contributed by atoms with Crippen molar-refractivity contribution < 1.29 is 4.74 Å². The van der Waals surface area contributed by atoms with Crippen LogP contribution in [0.15, 0.2) is 29.6 Å². The van der Waals surface area contributed by atoms with Gasteiger partial charge in [-0.05, 0) is 31.2 Å². The summed E-state index contributed by atoms with van der Waals surface area (Å²) in [6, 6.07) is 7.97. The molecule has 0 unspecified atom stereocenters. The van der Waals surface area contributed by atoms with E-state index >= 15 is 0 Å². The van der Waals surface area contributed by atoms with Gasteiger partial charge in [-0.1, -0.05) is 11.6 Å². The standard InChI is InChI=1S/C16H20ClN3OS.ClH/c1-12-8-18-6-7-20(12)9-14-11-22-16(19-14)10-21-15-4-2-13(17)3-5-15;/h2-5,11-12,18H,6-10H2,1H3;1H/t12-;/m1./s1. The van der Waals surface area contributed by atoms with Gasteiger partial charge >= 0.3 is 0 Å². The van der Waals surface area contributed by atoms with Crippen molar-refractivity contribution in [1.29, 1.82) is 0 Å². The van der Waals surface area contributed by atoms with E-state index in [4.69, 9.17) is 16.3 Å². The Labute approximate surface area is 152 Å². The SMILES string of the molecule is C[C@@H]1CNCCN1Cc1csc(COc2ccc(Cl)cc2)n1.Cl. The molecule has 23 heavy (non-hydrogen) atoms. The van der Waals surface area contributed by atoms with Crippen LogP contribution in [0.1, 0.15) is 17.6 Å². The molecule has 1 N–H and O–H groups in total. The van der Waals surface area contributed by atoms with Gasteiger partial charge in [-0.25, -0.2) is 4.98 Å². The minimum absolute atomic E-state index is 0. The van der Waals surface area contributed by atoms with E-state index in [0.717, 1.165) is 42.6 Å². The molecule has 0 radical (unpaired) electrons. The smallest absolute Gasteiger partial charge is 0.140 e. The fraction of sp³-hybridized carbons (Fsp3) is 0.438. The van der Waals surface area contributed by atoms with E-state index < -0.39 is 0 Å². The lowest BCUT2D eigenvalue weighted by molar-refractivity contribution is 0.164. The highest BCUT2D eigenvalue weighted by molar-refractivity contribution is 7.09. The lowest BCUT2D eigenvalue weighted by Crippen LogP contribution is -2.49. The number of rotatable bonds is 5. The van der Waals surface area contributed by atoms with Crippen molar-refractivity contribution >= 4 is 35.3 Å². The Kier molecular flexibility index (Phi) is 7.11. The number of piperazine rings is 1. The Morgan fingerprint density at radius 2 is 2.17 bits per heavy atom. The Bertz CT molecular complexity index is 606. The molecule has 2 heterocycles. The first kappa shape index (κ1) is 18.5. The summed E-state index contributed by atoms with van der Waals surface area (Å²) in [7, 11) is 0. The van der Waals surface area contributed by atoms with Crippen molar-refractivity contribution in [3.05, 3.63) is 45.4 Å². The molecule has 2 aromatic rings. The molecule has 1 aliphatic rings. The van der Waals surface area contributed by atoms with Crippen LogP contribution in [-0.4, -0.2) is 35.6 Å². The third-order valence-electron chi connectivity index (χ3n) is 3.78. The molecule has 126 valence electrons. The molecule has 0 saturated carbocycles. The summed E-state index contributed by atoms with van der Waals surface area (Å²) in [5, 5.41) is 7.27. The molecule has 1 aromatic heterocycles. The summed E-state index contributed by atoms with van der Waals surface area (Å²) in [5.74, 6) is 0.817. The minimum atomic E-state index is 0. The summed E-state index contributed by atoms with van der Waals surface area (Å²) in [6.07, 6.45) is 0. The molecule has 0 bridgehead atoms. The Balaban J connectivity index is 0.00000192. The molecule has 1 aromatic carbocycles. The Morgan fingerprint density at radius 3 is 2.91 bits per heavy atom. The molecule has 3 rings (SSSR count). The van der Waals surface area contributed by atoms with Crippen LogP contribution < -0.4 is 10.1 Å². The molecule has 1 saturated heterocycles. The maximum atomic E-state index is 5.86. The molecule has 7 heteroatoms. The first-order valence-electron chi connectivity index (χ1n) is 7.47. The predicted octanol–water partition coefficient (Wildman–Crippen LogP) is 3.59. The summed E-state index contributed by atoms with van der Waals surface area (Å²) in [5.41, 5.74) is 1.13. The number of hydrogen-bond acceptors (Lipinski definition) is 5. The van der Waals surface area contributed by atoms with Gasteiger partial charge in [0, 0.05) is 42.6 Å². The first-order valence-corrected chi connectivity index (χ1v) is 8.73. The molecular weight excluding hydrogens is 353 g/mol. The monoisotopic (exact) mass is 373 g/mol. The summed E-state index contributed by atoms with van der Waals surface area (Å²) in [6.45, 7) is 6.86. The van der Waals surface area contributed by atoms with E-state index in [1.54, 1.807) is 11.3 Å². The second kappa shape index (κ2) is 8.85. The molecule has 1 atom stereocenters. The van der Waals surface area contributed by atoms with Crippen LogP contribution in [0.4, 0.5) is 0 Å². The van der Waals surface area contributed by atoms with Crippen LogP contribution in [0.5, 0.6) is 5.75 Å². The van der Waals surface area contributed by atoms with Crippen molar-refractivity contribution in [3.8, 4) is 5.75 Å². The van der Waals surface area contributed by atoms with Crippen LogP contribution >= 0.6 is 35.3 Å². The van der Waals surface area contributed by atoms with Gasteiger partial charge in [0.2, 0.25) is 0 Å². The van der Waals surface area contributed by atoms with E-state index in [1.807, 2.05) is 24.3 Å². The van der Waals surface area contributed by atoms with E-state index in [1.165, 1.54) is 0 Å². The molecule has 1 aliphatic heterocycles. The van der Waals surface area contributed by atoms with Gasteiger partial charge in [0.05, 0.1) is 5.69 Å². The van der Waals surface area contributed by atoms with Gasteiger partial charge < -0.3 is 10.1 Å². The normalized spacial score (nSPS) is 18.4. The average molecular weight is 374 g/mol. The van der Waals surface area contributed by atoms with Crippen LogP contribution in [0.3, 0.4) is 0 Å². The number of nitrogens with one attached hydrogen (secondary N) is 1. The van der Waals surface area contributed by atoms with Gasteiger partial charge in [0.15, 0.2) is 0 Å². The average Bonchev–Trinajstić information content (AvgIpc) is 2.97. The third-order valence-corrected chi connectivity index (χ3v) is 4.90. The fourth-order valence-electron chi connectivity index (χ4n) is 2.49. The molecule has 0 amide bonds. The predicted molar refractivity (Wildman–Crippen MR) is 97.9 cm³/mol. The highest BCUT2D eigenvalue weighted by Crippen LogP contribution is 2.19. The second-order valence-corrected chi connectivity index (χ2v) is 6.88. The summed E-state index contributed by atoms with van der Waals surface area (Å²) in [4.78, 5) is 7.14. The summed E-state index contributed by atoms with van der Waals surface area (Å²) >= 11 is 7.52. The quantitative estimate of drug-likeness (QED) is 0.868. The Morgan fingerprint density at radius 1 is 1.39 bits per heavy atom.